The Bertz CT molecular complexity index is 1140. The number of hydrogen-bond acceptors (Lipinski definition) is 5. The van der Waals surface area contributed by atoms with E-state index in [4.69, 9.17) is 5.14 Å². The quantitative estimate of drug-likeness (QED) is 0.721. The molecule has 3 N–H and O–H groups in total. The number of carbonyl (C=O) groups is 1. The third kappa shape index (κ3) is 5.07. The number of hydrogen-bond donors (Lipinski definition) is 2. The number of carbonyl (C=O) groups excluding carboxylic acids is 1. The molecular weight excluding hydrogens is 426 g/mol. The predicted molar refractivity (Wildman–Crippen MR) is 114 cm³/mol. The van der Waals surface area contributed by atoms with Crippen LogP contribution in [0.15, 0.2) is 58.3 Å². The van der Waals surface area contributed by atoms with Crippen LogP contribution in [0.5, 0.6) is 0 Å². The van der Waals surface area contributed by atoms with Gasteiger partial charge in [-0.05, 0) is 60.7 Å². The van der Waals surface area contributed by atoms with Gasteiger partial charge < -0.3 is 5.32 Å². The van der Waals surface area contributed by atoms with Crippen molar-refractivity contribution in [1.29, 1.82) is 0 Å². The molecule has 1 aliphatic heterocycles. The highest BCUT2D eigenvalue weighted by molar-refractivity contribution is 7.89. The minimum atomic E-state index is -3.92. The number of sulfonamides is 2. The third-order valence-corrected chi connectivity index (χ3v) is 7.77. The van der Waals surface area contributed by atoms with Crippen LogP contribution >= 0.6 is 0 Å². The molecule has 30 heavy (non-hydrogen) atoms. The van der Waals surface area contributed by atoms with E-state index in [1.807, 2.05) is 13.8 Å². The Morgan fingerprint density at radius 1 is 0.967 bits per heavy atom. The maximum Gasteiger partial charge on any atom is 0.255 e. The van der Waals surface area contributed by atoms with Crippen LogP contribution in [0.4, 0.5) is 5.69 Å². The summed E-state index contributed by atoms with van der Waals surface area (Å²) in [6.07, 6.45) is 1.00. The molecule has 1 aliphatic rings. The summed E-state index contributed by atoms with van der Waals surface area (Å²) in [6, 6.07) is 11.3. The lowest BCUT2D eigenvalue weighted by Gasteiger charge is -2.34. The van der Waals surface area contributed by atoms with Crippen molar-refractivity contribution in [2.75, 3.05) is 18.4 Å². The Kier molecular flexibility index (Phi) is 6.32. The van der Waals surface area contributed by atoms with E-state index in [9.17, 15) is 21.6 Å². The van der Waals surface area contributed by atoms with Crippen molar-refractivity contribution in [3.63, 3.8) is 0 Å². The zero-order chi connectivity index (χ0) is 22.1. The van der Waals surface area contributed by atoms with Crippen LogP contribution in [-0.4, -0.2) is 40.1 Å². The number of nitrogens with zero attached hydrogens (tertiary/aromatic N) is 1. The Hall–Kier alpha value is -2.27. The Morgan fingerprint density at radius 2 is 1.57 bits per heavy atom. The van der Waals surface area contributed by atoms with E-state index in [-0.39, 0.29) is 15.4 Å². The van der Waals surface area contributed by atoms with Crippen molar-refractivity contribution in [2.24, 2.45) is 17.0 Å². The molecule has 0 spiro atoms. The van der Waals surface area contributed by atoms with Crippen LogP contribution in [0.3, 0.4) is 0 Å². The van der Waals surface area contributed by atoms with Gasteiger partial charge in [-0.1, -0.05) is 19.9 Å². The summed E-state index contributed by atoms with van der Waals surface area (Å²) in [5.74, 6) is 0.0696. The molecular formula is C20H25N3O5S2. The monoisotopic (exact) mass is 451 g/mol. The van der Waals surface area contributed by atoms with Crippen molar-refractivity contribution in [1.82, 2.24) is 4.31 Å². The van der Waals surface area contributed by atoms with E-state index in [2.05, 4.69) is 5.32 Å². The van der Waals surface area contributed by atoms with E-state index >= 15 is 0 Å². The highest BCUT2D eigenvalue weighted by Crippen LogP contribution is 2.27. The molecule has 2 unspecified atom stereocenters. The van der Waals surface area contributed by atoms with E-state index in [0.29, 0.717) is 30.6 Å². The molecule has 162 valence electrons. The van der Waals surface area contributed by atoms with Gasteiger partial charge in [-0.3, -0.25) is 4.79 Å². The average molecular weight is 452 g/mol. The standard InChI is InChI=1S/C20H25N3O5S2/c1-14-10-15(2)13-23(12-14)30(27,28)18-8-6-17(7-9-18)22-20(24)16-4-3-5-19(11-16)29(21,25)26/h3-9,11,14-15H,10,12-13H2,1-2H3,(H,22,24)(H2,21,25,26). The van der Waals surface area contributed by atoms with Crippen molar-refractivity contribution in [3.8, 4) is 0 Å². The SMILES string of the molecule is CC1CC(C)CN(S(=O)(=O)c2ccc(NC(=O)c3cccc(S(N)(=O)=O)c3)cc2)C1. The number of anilines is 1. The lowest BCUT2D eigenvalue weighted by molar-refractivity contribution is 0.102. The maximum atomic E-state index is 12.9. The van der Waals surface area contributed by atoms with Crippen LogP contribution in [0.1, 0.15) is 30.6 Å². The summed E-state index contributed by atoms with van der Waals surface area (Å²) >= 11 is 0. The smallest absolute Gasteiger partial charge is 0.255 e. The largest absolute Gasteiger partial charge is 0.322 e. The zero-order valence-electron chi connectivity index (χ0n) is 16.8. The van der Waals surface area contributed by atoms with Crippen LogP contribution < -0.4 is 10.5 Å². The normalized spacial score (nSPS) is 20.6. The predicted octanol–water partition coefficient (Wildman–Crippen LogP) is 2.25. The van der Waals surface area contributed by atoms with Gasteiger partial charge in [0.25, 0.3) is 5.91 Å². The second-order valence-electron chi connectivity index (χ2n) is 7.82. The van der Waals surface area contributed by atoms with Crippen LogP contribution in [0.2, 0.25) is 0 Å². The van der Waals surface area contributed by atoms with Crippen molar-refractivity contribution >= 4 is 31.6 Å². The molecule has 0 bridgehead atoms. The third-order valence-electron chi connectivity index (χ3n) is 5.01. The fourth-order valence-electron chi connectivity index (χ4n) is 3.68. The molecule has 0 aromatic heterocycles. The topological polar surface area (TPSA) is 127 Å². The highest BCUT2D eigenvalue weighted by Gasteiger charge is 2.31. The Labute approximate surface area is 177 Å². The molecule has 1 heterocycles. The van der Waals surface area contributed by atoms with Gasteiger partial charge in [-0.15, -0.1) is 0 Å². The molecule has 1 amide bonds. The fourth-order valence-corrected chi connectivity index (χ4v) is 5.92. The number of piperidine rings is 1. The van der Waals surface area contributed by atoms with Crippen LogP contribution in [0.25, 0.3) is 0 Å². The van der Waals surface area contributed by atoms with E-state index in [1.54, 1.807) is 0 Å². The highest BCUT2D eigenvalue weighted by atomic mass is 32.2. The summed E-state index contributed by atoms with van der Waals surface area (Å²) in [5.41, 5.74) is 0.509. The second-order valence-corrected chi connectivity index (χ2v) is 11.3. The number of nitrogens with two attached hydrogens (primary N) is 1. The molecule has 1 saturated heterocycles. The van der Waals surface area contributed by atoms with Gasteiger partial charge in [0.1, 0.15) is 0 Å². The molecule has 2 aromatic rings. The lowest BCUT2D eigenvalue weighted by atomic mass is 9.94. The van der Waals surface area contributed by atoms with Gasteiger partial charge in [-0.25, -0.2) is 22.0 Å². The first-order valence-electron chi connectivity index (χ1n) is 9.51. The van der Waals surface area contributed by atoms with Gasteiger partial charge in [0.15, 0.2) is 0 Å². The molecule has 0 radical (unpaired) electrons. The summed E-state index contributed by atoms with van der Waals surface area (Å²) in [7, 11) is -7.53. The molecule has 2 aromatic carbocycles. The van der Waals surface area contributed by atoms with Crippen molar-refractivity contribution in [2.45, 2.75) is 30.1 Å². The summed E-state index contributed by atoms with van der Waals surface area (Å²) in [6.45, 7) is 5.07. The molecule has 3 rings (SSSR count). The first-order valence-corrected chi connectivity index (χ1v) is 12.5. The van der Waals surface area contributed by atoms with Gasteiger partial charge in [0.2, 0.25) is 20.0 Å². The number of rotatable bonds is 5. The minimum Gasteiger partial charge on any atom is -0.322 e. The van der Waals surface area contributed by atoms with Crippen LogP contribution in [0, 0.1) is 11.8 Å². The molecule has 10 heteroatoms. The molecule has 2 atom stereocenters. The number of benzene rings is 2. The summed E-state index contributed by atoms with van der Waals surface area (Å²) < 4.78 is 50.3. The molecule has 1 fully saturated rings. The number of primary sulfonamides is 1. The van der Waals surface area contributed by atoms with E-state index in [1.165, 1.54) is 52.8 Å². The van der Waals surface area contributed by atoms with E-state index < -0.39 is 26.0 Å². The van der Waals surface area contributed by atoms with Gasteiger partial charge in [0, 0.05) is 24.3 Å². The number of nitrogens with one attached hydrogen (secondary N) is 1. The van der Waals surface area contributed by atoms with Gasteiger partial charge >= 0.3 is 0 Å². The van der Waals surface area contributed by atoms with Gasteiger partial charge in [-0.2, -0.15) is 4.31 Å². The second kappa shape index (κ2) is 8.46. The maximum absolute atomic E-state index is 12.9. The minimum absolute atomic E-state index is 0.120. The first kappa shape index (κ1) is 22.4. The summed E-state index contributed by atoms with van der Waals surface area (Å²) in [4.78, 5) is 12.4. The van der Waals surface area contributed by atoms with Crippen molar-refractivity contribution < 1.29 is 21.6 Å². The molecule has 0 aliphatic carbocycles. The first-order chi connectivity index (χ1) is 14.0. The number of amides is 1. The molecule has 0 saturated carbocycles. The van der Waals surface area contributed by atoms with Gasteiger partial charge in [0.05, 0.1) is 9.79 Å². The van der Waals surface area contributed by atoms with Crippen LogP contribution in [-0.2, 0) is 20.0 Å². The van der Waals surface area contributed by atoms with E-state index in [0.717, 1.165) is 6.42 Å². The summed E-state index contributed by atoms with van der Waals surface area (Å²) in [5, 5.41) is 7.72. The zero-order valence-corrected chi connectivity index (χ0v) is 18.4. The average Bonchev–Trinajstić information content (AvgIpc) is 2.67. The lowest BCUT2D eigenvalue weighted by Crippen LogP contribution is -2.42. The van der Waals surface area contributed by atoms with Crippen molar-refractivity contribution in [3.05, 3.63) is 54.1 Å². The fraction of sp³-hybridized carbons (Fsp3) is 0.350. The molecule has 8 nitrogen and oxygen atoms in total. The Morgan fingerprint density at radius 3 is 2.13 bits per heavy atom. The Balaban J connectivity index is 1.75.